The van der Waals surface area contributed by atoms with Crippen LogP contribution in [-0.2, 0) is 4.84 Å². The molecule has 0 rings (SSSR count). The monoisotopic (exact) mass is 164 g/mol. The summed E-state index contributed by atoms with van der Waals surface area (Å²) in [5.41, 5.74) is 2.15. The Labute approximate surface area is 64.7 Å². The highest BCUT2D eigenvalue weighted by Gasteiger charge is 1.94. The molecule has 0 saturated carbocycles. The van der Waals surface area contributed by atoms with E-state index in [9.17, 15) is 4.79 Å². The van der Waals surface area contributed by atoms with Gasteiger partial charge >= 0.3 is 6.03 Å². The highest BCUT2D eigenvalue weighted by Crippen LogP contribution is 1.86. The number of carbonyl (C=O) groups is 1. The molecule has 0 fully saturated rings. The molecule has 0 atom stereocenters. The van der Waals surface area contributed by atoms with Crippen LogP contribution < -0.4 is 10.8 Å². The van der Waals surface area contributed by atoms with Gasteiger partial charge in [0.25, 0.3) is 0 Å². The Morgan fingerprint density at radius 2 is 2.40 bits per heavy atom. The minimum absolute atomic E-state index is 0.295. The highest BCUT2D eigenvalue weighted by atomic mass is 32.2. The van der Waals surface area contributed by atoms with E-state index in [1.54, 1.807) is 11.8 Å². The van der Waals surface area contributed by atoms with Crippen molar-refractivity contribution in [1.82, 2.24) is 10.8 Å². The van der Waals surface area contributed by atoms with Crippen LogP contribution in [0, 0.1) is 0 Å². The molecule has 0 bridgehead atoms. The first-order chi connectivity index (χ1) is 4.81. The van der Waals surface area contributed by atoms with E-state index in [1.807, 2.05) is 6.26 Å². The lowest BCUT2D eigenvalue weighted by Crippen LogP contribution is -2.35. The minimum Gasteiger partial charge on any atom is -0.336 e. The Morgan fingerprint density at radius 3 is 2.90 bits per heavy atom. The van der Waals surface area contributed by atoms with Crippen LogP contribution in [0.15, 0.2) is 0 Å². The zero-order valence-electron chi connectivity index (χ0n) is 6.14. The van der Waals surface area contributed by atoms with Crippen molar-refractivity contribution >= 4 is 17.8 Å². The molecule has 60 valence electrons. The largest absolute Gasteiger partial charge is 0.338 e. The molecule has 0 spiro atoms. The van der Waals surface area contributed by atoms with E-state index in [0.717, 1.165) is 5.75 Å². The molecule has 4 nitrogen and oxygen atoms in total. The molecule has 0 aliphatic carbocycles. The number of hydroxylamine groups is 1. The molecular weight excluding hydrogens is 152 g/mol. The summed E-state index contributed by atoms with van der Waals surface area (Å²) >= 11 is 1.68. The summed E-state index contributed by atoms with van der Waals surface area (Å²) in [6.45, 7) is 0.663. The summed E-state index contributed by atoms with van der Waals surface area (Å²) in [5.74, 6) is 0.914. The average Bonchev–Trinajstić information content (AvgIpc) is 1.89. The molecule has 0 aliphatic rings. The molecule has 0 aromatic heterocycles. The standard InChI is InChI=1S/C5H12N2O2S/c1-9-7-5(8)6-3-4-10-2/h3-4H2,1-2H3,(H2,6,7,8). The predicted octanol–water partition coefficient (Wildman–Crippen LogP) is 0.210. The van der Waals surface area contributed by atoms with E-state index in [2.05, 4.69) is 15.6 Å². The van der Waals surface area contributed by atoms with Crippen LogP contribution in [0.5, 0.6) is 0 Å². The third kappa shape index (κ3) is 5.71. The Kier molecular flexibility index (Phi) is 6.42. The number of hydrogen-bond acceptors (Lipinski definition) is 3. The molecule has 0 heterocycles. The molecular formula is C5H12N2O2S. The van der Waals surface area contributed by atoms with Gasteiger partial charge in [0, 0.05) is 12.3 Å². The van der Waals surface area contributed by atoms with Gasteiger partial charge in [-0.15, -0.1) is 0 Å². The lowest BCUT2D eigenvalue weighted by Gasteiger charge is -2.02. The van der Waals surface area contributed by atoms with E-state index >= 15 is 0 Å². The molecule has 2 N–H and O–H groups in total. The van der Waals surface area contributed by atoms with E-state index < -0.39 is 0 Å². The molecule has 0 aromatic carbocycles. The van der Waals surface area contributed by atoms with Gasteiger partial charge in [-0.25, -0.2) is 10.3 Å². The maximum Gasteiger partial charge on any atom is 0.338 e. The molecule has 0 radical (unpaired) electrons. The summed E-state index contributed by atoms with van der Waals surface area (Å²) in [6, 6.07) is -0.295. The van der Waals surface area contributed by atoms with Crippen molar-refractivity contribution in [3.05, 3.63) is 0 Å². The summed E-state index contributed by atoms with van der Waals surface area (Å²) in [7, 11) is 1.40. The van der Waals surface area contributed by atoms with Gasteiger partial charge in [0.05, 0.1) is 7.11 Å². The topological polar surface area (TPSA) is 50.4 Å². The van der Waals surface area contributed by atoms with Crippen LogP contribution in [0.4, 0.5) is 4.79 Å². The van der Waals surface area contributed by atoms with Crippen LogP contribution in [0.25, 0.3) is 0 Å². The van der Waals surface area contributed by atoms with E-state index in [4.69, 9.17) is 0 Å². The van der Waals surface area contributed by atoms with Crippen molar-refractivity contribution in [3.63, 3.8) is 0 Å². The van der Waals surface area contributed by atoms with Crippen LogP contribution in [0.3, 0.4) is 0 Å². The highest BCUT2D eigenvalue weighted by molar-refractivity contribution is 7.98. The third-order valence-electron chi connectivity index (χ3n) is 0.787. The van der Waals surface area contributed by atoms with E-state index in [0.29, 0.717) is 6.54 Å². The van der Waals surface area contributed by atoms with Crippen LogP contribution in [-0.4, -0.2) is 31.7 Å². The lowest BCUT2D eigenvalue weighted by atomic mass is 10.7. The van der Waals surface area contributed by atoms with Gasteiger partial charge < -0.3 is 5.32 Å². The Balaban J connectivity index is 3.05. The SMILES string of the molecule is CONC(=O)NCCSC. The van der Waals surface area contributed by atoms with Gasteiger partial charge in [0.15, 0.2) is 0 Å². The first kappa shape index (κ1) is 9.58. The first-order valence-corrected chi connectivity index (χ1v) is 4.26. The maximum atomic E-state index is 10.6. The third-order valence-corrected chi connectivity index (χ3v) is 1.40. The molecule has 10 heavy (non-hydrogen) atoms. The quantitative estimate of drug-likeness (QED) is 0.461. The van der Waals surface area contributed by atoms with Gasteiger partial charge in [-0.3, -0.25) is 4.84 Å². The van der Waals surface area contributed by atoms with Crippen molar-refractivity contribution < 1.29 is 9.63 Å². The van der Waals surface area contributed by atoms with Gasteiger partial charge in [-0.2, -0.15) is 11.8 Å². The summed E-state index contributed by atoms with van der Waals surface area (Å²) in [6.07, 6.45) is 1.98. The number of carbonyl (C=O) groups excluding carboxylic acids is 1. The number of amides is 2. The van der Waals surface area contributed by atoms with Gasteiger partial charge in [0.2, 0.25) is 0 Å². The normalized spacial score (nSPS) is 9.00. The summed E-state index contributed by atoms with van der Waals surface area (Å²) in [5, 5.41) is 2.59. The summed E-state index contributed by atoms with van der Waals surface area (Å²) in [4.78, 5) is 14.9. The van der Waals surface area contributed by atoms with Crippen LogP contribution in [0.1, 0.15) is 0 Å². The maximum absolute atomic E-state index is 10.6. The number of rotatable bonds is 4. The van der Waals surface area contributed by atoms with Crippen molar-refractivity contribution in [1.29, 1.82) is 0 Å². The lowest BCUT2D eigenvalue weighted by molar-refractivity contribution is 0.108. The number of hydrogen-bond donors (Lipinski definition) is 2. The van der Waals surface area contributed by atoms with Crippen molar-refractivity contribution in [2.75, 3.05) is 25.7 Å². The second-order valence-electron chi connectivity index (χ2n) is 1.55. The second kappa shape index (κ2) is 6.70. The fourth-order valence-electron chi connectivity index (χ4n) is 0.395. The fourth-order valence-corrected chi connectivity index (χ4v) is 0.702. The molecule has 0 saturated heterocycles. The van der Waals surface area contributed by atoms with Crippen molar-refractivity contribution in [3.8, 4) is 0 Å². The molecule has 5 heteroatoms. The molecule has 0 aliphatic heterocycles. The van der Waals surface area contributed by atoms with Crippen LogP contribution in [0.2, 0.25) is 0 Å². The van der Waals surface area contributed by atoms with Crippen molar-refractivity contribution in [2.45, 2.75) is 0 Å². The molecule has 2 amide bonds. The van der Waals surface area contributed by atoms with E-state index in [1.165, 1.54) is 7.11 Å². The average molecular weight is 164 g/mol. The predicted molar refractivity (Wildman–Crippen MR) is 41.9 cm³/mol. The zero-order chi connectivity index (χ0) is 7.82. The number of nitrogens with one attached hydrogen (secondary N) is 2. The smallest absolute Gasteiger partial charge is 0.336 e. The van der Waals surface area contributed by atoms with Crippen molar-refractivity contribution in [2.24, 2.45) is 0 Å². The fraction of sp³-hybridized carbons (Fsp3) is 0.800. The Bertz CT molecular complexity index is 99.6. The first-order valence-electron chi connectivity index (χ1n) is 2.87. The molecule has 0 unspecified atom stereocenters. The number of thioether (sulfide) groups is 1. The number of urea groups is 1. The van der Waals surface area contributed by atoms with Gasteiger partial charge in [-0.05, 0) is 6.26 Å². The minimum atomic E-state index is -0.295. The Hall–Kier alpha value is -0.420. The second-order valence-corrected chi connectivity index (χ2v) is 2.54. The Morgan fingerprint density at radius 1 is 1.70 bits per heavy atom. The van der Waals surface area contributed by atoms with E-state index in [-0.39, 0.29) is 6.03 Å². The van der Waals surface area contributed by atoms with Gasteiger partial charge in [-0.1, -0.05) is 0 Å². The van der Waals surface area contributed by atoms with Gasteiger partial charge in [0.1, 0.15) is 0 Å². The zero-order valence-corrected chi connectivity index (χ0v) is 6.96. The van der Waals surface area contributed by atoms with Crippen LogP contribution >= 0.6 is 11.8 Å². The molecule has 0 aromatic rings. The summed E-state index contributed by atoms with van der Waals surface area (Å²) < 4.78 is 0.